The molecule has 1 aromatic carbocycles. The quantitative estimate of drug-likeness (QED) is 0.940. The van der Waals surface area contributed by atoms with E-state index in [2.05, 4.69) is 11.4 Å². The van der Waals surface area contributed by atoms with Crippen molar-refractivity contribution < 1.29 is 14.2 Å². The van der Waals surface area contributed by atoms with Crippen LogP contribution in [0.15, 0.2) is 18.2 Å². The van der Waals surface area contributed by atoms with Gasteiger partial charge in [0.05, 0.1) is 21.3 Å². The fourth-order valence-electron chi connectivity index (χ4n) is 2.81. The Hall–Kier alpha value is -1.72. The fourth-order valence-corrected chi connectivity index (χ4v) is 4.00. The van der Waals surface area contributed by atoms with Gasteiger partial charge in [-0.3, -0.25) is 0 Å². The number of rotatable bonds is 4. The highest BCUT2D eigenvalue weighted by Gasteiger charge is 2.17. The van der Waals surface area contributed by atoms with Crippen molar-refractivity contribution in [1.29, 1.82) is 0 Å². The first-order chi connectivity index (χ1) is 10.8. The molecular weight excluding hydrogens is 298 g/mol. The molecule has 0 radical (unpaired) electrons. The van der Waals surface area contributed by atoms with Crippen LogP contribution in [-0.4, -0.2) is 34.4 Å². The van der Waals surface area contributed by atoms with Crippen molar-refractivity contribution in [3.05, 3.63) is 28.6 Å². The highest BCUT2D eigenvalue weighted by Crippen LogP contribution is 2.43. The van der Waals surface area contributed by atoms with Crippen LogP contribution in [0.1, 0.15) is 10.4 Å². The molecule has 0 unspecified atom stereocenters. The molecule has 0 aliphatic carbocycles. The van der Waals surface area contributed by atoms with Crippen molar-refractivity contribution >= 4 is 11.3 Å². The van der Waals surface area contributed by atoms with Crippen LogP contribution in [0, 0.1) is 0 Å². The lowest BCUT2D eigenvalue weighted by molar-refractivity contribution is 0.324. The van der Waals surface area contributed by atoms with Crippen LogP contribution in [0.3, 0.4) is 0 Å². The summed E-state index contributed by atoms with van der Waals surface area (Å²) in [6.07, 6.45) is 2.20. The van der Waals surface area contributed by atoms with Gasteiger partial charge in [-0.05, 0) is 55.3 Å². The lowest BCUT2D eigenvalue weighted by atomic mass is 10.1. The van der Waals surface area contributed by atoms with E-state index >= 15 is 0 Å². The molecule has 0 fully saturated rings. The van der Waals surface area contributed by atoms with Crippen LogP contribution in [-0.2, 0) is 12.8 Å². The Kier molecular flexibility index (Phi) is 4.55. The van der Waals surface area contributed by atoms with Crippen molar-refractivity contribution in [3.63, 3.8) is 0 Å². The number of methoxy groups -OCH3 is 3. The minimum absolute atomic E-state index is 0.635. The smallest absolute Gasteiger partial charge is 0.203 e. The Labute approximate surface area is 135 Å². The number of thiophene rings is 1. The van der Waals surface area contributed by atoms with E-state index in [1.165, 1.54) is 15.3 Å². The predicted molar refractivity (Wildman–Crippen MR) is 89.7 cm³/mol. The van der Waals surface area contributed by atoms with Crippen molar-refractivity contribution in [1.82, 2.24) is 5.32 Å². The predicted octanol–water partition coefficient (Wildman–Crippen LogP) is 3.13. The standard InChI is InChI=1S/C17H21NO3S/c1-19-13-8-12(9-14(20-2)17(13)21-3)16-10-11-4-6-18-7-5-15(11)22-16/h8-10,18H,4-7H2,1-3H3. The Balaban J connectivity index is 2.04. The molecule has 5 heteroatoms. The molecular formula is C17H21NO3S. The Morgan fingerprint density at radius 3 is 2.23 bits per heavy atom. The molecule has 0 amide bonds. The van der Waals surface area contributed by atoms with Crippen LogP contribution >= 0.6 is 11.3 Å². The summed E-state index contributed by atoms with van der Waals surface area (Å²) < 4.78 is 16.3. The van der Waals surface area contributed by atoms with Gasteiger partial charge in [-0.15, -0.1) is 11.3 Å². The van der Waals surface area contributed by atoms with E-state index in [0.29, 0.717) is 17.2 Å². The molecule has 2 aromatic rings. The van der Waals surface area contributed by atoms with Gasteiger partial charge in [0.2, 0.25) is 5.75 Å². The third-order valence-electron chi connectivity index (χ3n) is 3.95. The monoisotopic (exact) mass is 319 g/mol. The van der Waals surface area contributed by atoms with Gasteiger partial charge >= 0.3 is 0 Å². The number of fused-ring (bicyclic) bond motifs is 1. The maximum absolute atomic E-state index is 5.45. The zero-order chi connectivity index (χ0) is 15.5. The molecule has 0 saturated carbocycles. The van der Waals surface area contributed by atoms with Crippen molar-refractivity contribution in [2.75, 3.05) is 34.4 Å². The SMILES string of the molecule is COc1cc(-c2cc3c(s2)CCNCC3)cc(OC)c1OC. The molecule has 0 atom stereocenters. The maximum Gasteiger partial charge on any atom is 0.203 e. The molecule has 22 heavy (non-hydrogen) atoms. The van der Waals surface area contributed by atoms with Crippen LogP contribution in [0.25, 0.3) is 10.4 Å². The van der Waals surface area contributed by atoms with Crippen LogP contribution in [0.4, 0.5) is 0 Å². The molecule has 0 saturated heterocycles. The van der Waals surface area contributed by atoms with Gasteiger partial charge in [-0.25, -0.2) is 0 Å². The molecule has 3 rings (SSSR count). The first-order valence-electron chi connectivity index (χ1n) is 7.39. The Bertz CT molecular complexity index is 617. The number of benzene rings is 1. The Morgan fingerprint density at radius 2 is 1.59 bits per heavy atom. The normalized spacial score (nSPS) is 14.1. The van der Waals surface area contributed by atoms with Crippen LogP contribution in [0.5, 0.6) is 17.2 Å². The van der Waals surface area contributed by atoms with Crippen molar-refractivity contribution in [2.24, 2.45) is 0 Å². The average Bonchev–Trinajstić information content (AvgIpc) is 2.84. The third-order valence-corrected chi connectivity index (χ3v) is 5.23. The molecule has 4 nitrogen and oxygen atoms in total. The van der Waals surface area contributed by atoms with E-state index < -0.39 is 0 Å². The van der Waals surface area contributed by atoms with E-state index in [1.54, 1.807) is 21.3 Å². The Morgan fingerprint density at radius 1 is 0.909 bits per heavy atom. The van der Waals surface area contributed by atoms with Gasteiger partial charge in [0.1, 0.15) is 0 Å². The number of hydrogen-bond donors (Lipinski definition) is 1. The van der Waals surface area contributed by atoms with Gasteiger partial charge in [-0.2, -0.15) is 0 Å². The van der Waals surface area contributed by atoms with E-state index in [4.69, 9.17) is 14.2 Å². The van der Waals surface area contributed by atoms with Gasteiger partial charge in [-0.1, -0.05) is 0 Å². The summed E-state index contributed by atoms with van der Waals surface area (Å²) in [4.78, 5) is 2.74. The maximum atomic E-state index is 5.45. The summed E-state index contributed by atoms with van der Waals surface area (Å²) in [6, 6.07) is 6.34. The van der Waals surface area contributed by atoms with E-state index in [1.807, 2.05) is 23.5 Å². The molecule has 1 aliphatic rings. The van der Waals surface area contributed by atoms with Crippen LogP contribution < -0.4 is 19.5 Å². The van der Waals surface area contributed by atoms with Crippen molar-refractivity contribution in [3.8, 4) is 27.7 Å². The lowest BCUT2D eigenvalue weighted by Gasteiger charge is -2.13. The van der Waals surface area contributed by atoms with Gasteiger partial charge in [0, 0.05) is 9.75 Å². The van der Waals surface area contributed by atoms with Gasteiger partial charge in [0.15, 0.2) is 11.5 Å². The van der Waals surface area contributed by atoms with Crippen molar-refractivity contribution in [2.45, 2.75) is 12.8 Å². The molecule has 0 bridgehead atoms. The molecule has 0 spiro atoms. The summed E-state index contributed by atoms with van der Waals surface area (Å²) in [5, 5.41) is 3.44. The average molecular weight is 319 g/mol. The van der Waals surface area contributed by atoms with Crippen LogP contribution in [0.2, 0.25) is 0 Å². The summed E-state index contributed by atoms with van der Waals surface area (Å²) in [5.41, 5.74) is 2.57. The summed E-state index contributed by atoms with van der Waals surface area (Å²) >= 11 is 1.86. The number of nitrogens with one attached hydrogen (secondary N) is 1. The minimum Gasteiger partial charge on any atom is -0.493 e. The second-order valence-corrected chi connectivity index (χ2v) is 6.36. The highest BCUT2D eigenvalue weighted by atomic mass is 32.1. The second kappa shape index (κ2) is 6.58. The first-order valence-corrected chi connectivity index (χ1v) is 8.21. The van der Waals surface area contributed by atoms with E-state index in [0.717, 1.165) is 31.5 Å². The zero-order valence-electron chi connectivity index (χ0n) is 13.2. The van der Waals surface area contributed by atoms with Gasteiger partial charge in [0.25, 0.3) is 0 Å². The fraction of sp³-hybridized carbons (Fsp3) is 0.412. The topological polar surface area (TPSA) is 39.7 Å². The largest absolute Gasteiger partial charge is 0.493 e. The minimum atomic E-state index is 0.635. The molecule has 2 heterocycles. The lowest BCUT2D eigenvalue weighted by Crippen LogP contribution is -2.16. The second-order valence-electron chi connectivity index (χ2n) is 5.22. The molecule has 1 aliphatic heterocycles. The summed E-state index contributed by atoms with van der Waals surface area (Å²) in [5.74, 6) is 2.03. The summed E-state index contributed by atoms with van der Waals surface area (Å²) in [6.45, 7) is 2.11. The van der Waals surface area contributed by atoms with Gasteiger partial charge < -0.3 is 19.5 Å². The molecule has 118 valence electrons. The van der Waals surface area contributed by atoms with E-state index in [-0.39, 0.29) is 0 Å². The van der Waals surface area contributed by atoms with E-state index in [9.17, 15) is 0 Å². The number of ether oxygens (including phenoxy) is 3. The first kappa shape index (κ1) is 15.2. The molecule has 1 aromatic heterocycles. The zero-order valence-corrected chi connectivity index (χ0v) is 14.0. The number of hydrogen-bond acceptors (Lipinski definition) is 5. The summed E-state index contributed by atoms with van der Waals surface area (Å²) in [7, 11) is 4.92. The molecule has 1 N–H and O–H groups in total. The highest BCUT2D eigenvalue weighted by molar-refractivity contribution is 7.15. The third kappa shape index (κ3) is 2.78.